The smallest absolute Gasteiger partial charge is 0.222 e. The molecule has 1 aliphatic heterocycles. The van der Waals surface area contributed by atoms with E-state index >= 15 is 0 Å². The molecule has 1 aromatic carbocycles. The number of hydrogen-bond donors (Lipinski definition) is 1. The first-order chi connectivity index (χ1) is 9.79. The van der Waals surface area contributed by atoms with E-state index in [0.29, 0.717) is 6.42 Å². The van der Waals surface area contributed by atoms with Gasteiger partial charge in [0.05, 0.1) is 6.07 Å². The number of para-hydroxylation sites is 1. The molecule has 1 N–H and O–H groups in total. The van der Waals surface area contributed by atoms with E-state index in [9.17, 15) is 4.79 Å². The highest BCUT2D eigenvalue weighted by molar-refractivity contribution is 5.76. The van der Waals surface area contributed by atoms with Gasteiger partial charge in [-0.05, 0) is 12.1 Å². The molecule has 5 heteroatoms. The number of piperazine rings is 1. The van der Waals surface area contributed by atoms with Gasteiger partial charge in [-0.25, -0.2) is 0 Å². The van der Waals surface area contributed by atoms with Crippen molar-refractivity contribution in [3.8, 4) is 6.07 Å². The largest absolute Gasteiger partial charge is 0.369 e. The van der Waals surface area contributed by atoms with Crippen molar-refractivity contribution < 1.29 is 4.79 Å². The second kappa shape index (κ2) is 7.51. The van der Waals surface area contributed by atoms with Crippen LogP contribution in [-0.2, 0) is 4.79 Å². The van der Waals surface area contributed by atoms with Crippen LogP contribution in [0, 0.1) is 11.3 Å². The molecular formula is C15H20N4O. The SMILES string of the molecule is N#CCNC(=O)CCN1CCN(c2ccccc2)CC1. The van der Waals surface area contributed by atoms with E-state index in [-0.39, 0.29) is 12.5 Å². The minimum Gasteiger partial charge on any atom is -0.369 e. The van der Waals surface area contributed by atoms with Gasteiger partial charge in [0.15, 0.2) is 0 Å². The number of anilines is 1. The highest BCUT2D eigenvalue weighted by atomic mass is 16.1. The maximum absolute atomic E-state index is 11.4. The summed E-state index contributed by atoms with van der Waals surface area (Å²) in [6, 6.07) is 12.3. The van der Waals surface area contributed by atoms with E-state index in [2.05, 4.69) is 39.4 Å². The fraction of sp³-hybridized carbons (Fsp3) is 0.467. The van der Waals surface area contributed by atoms with Crippen molar-refractivity contribution in [1.82, 2.24) is 10.2 Å². The Morgan fingerprint density at radius 2 is 1.90 bits per heavy atom. The molecule has 2 rings (SSSR count). The monoisotopic (exact) mass is 272 g/mol. The molecule has 1 heterocycles. The van der Waals surface area contributed by atoms with Gasteiger partial charge in [-0.1, -0.05) is 18.2 Å². The quantitative estimate of drug-likeness (QED) is 0.807. The van der Waals surface area contributed by atoms with Crippen LogP contribution in [0.1, 0.15) is 6.42 Å². The van der Waals surface area contributed by atoms with Crippen molar-refractivity contribution in [2.24, 2.45) is 0 Å². The predicted molar refractivity (Wildman–Crippen MR) is 78.3 cm³/mol. The van der Waals surface area contributed by atoms with Gasteiger partial charge in [-0.15, -0.1) is 0 Å². The number of nitrogens with one attached hydrogen (secondary N) is 1. The number of hydrogen-bond acceptors (Lipinski definition) is 4. The number of nitriles is 1. The number of carbonyl (C=O) groups is 1. The standard InChI is InChI=1S/C15H20N4O/c16-7-8-17-15(20)6-9-18-10-12-19(13-11-18)14-4-2-1-3-5-14/h1-5H,6,8-13H2,(H,17,20). The van der Waals surface area contributed by atoms with Crippen LogP contribution in [0.4, 0.5) is 5.69 Å². The Morgan fingerprint density at radius 1 is 1.20 bits per heavy atom. The van der Waals surface area contributed by atoms with E-state index in [1.54, 1.807) is 0 Å². The van der Waals surface area contributed by atoms with Crippen molar-refractivity contribution in [2.45, 2.75) is 6.42 Å². The molecule has 1 aliphatic rings. The summed E-state index contributed by atoms with van der Waals surface area (Å²) >= 11 is 0. The molecule has 20 heavy (non-hydrogen) atoms. The van der Waals surface area contributed by atoms with Crippen molar-refractivity contribution >= 4 is 11.6 Å². The van der Waals surface area contributed by atoms with E-state index < -0.39 is 0 Å². The maximum Gasteiger partial charge on any atom is 0.222 e. The van der Waals surface area contributed by atoms with Crippen molar-refractivity contribution in [3.05, 3.63) is 30.3 Å². The van der Waals surface area contributed by atoms with E-state index in [1.165, 1.54) is 5.69 Å². The van der Waals surface area contributed by atoms with Crippen LogP contribution >= 0.6 is 0 Å². The van der Waals surface area contributed by atoms with Gasteiger partial charge < -0.3 is 10.2 Å². The number of benzene rings is 1. The van der Waals surface area contributed by atoms with Gasteiger partial charge in [-0.3, -0.25) is 9.69 Å². The van der Waals surface area contributed by atoms with Gasteiger partial charge in [0.1, 0.15) is 6.54 Å². The molecule has 1 fully saturated rings. The van der Waals surface area contributed by atoms with Gasteiger partial charge in [-0.2, -0.15) is 5.26 Å². The van der Waals surface area contributed by atoms with Gasteiger partial charge in [0.2, 0.25) is 5.91 Å². The minimum absolute atomic E-state index is 0.0444. The van der Waals surface area contributed by atoms with Gasteiger partial charge in [0, 0.05) is 44.8 Å². The molecule has 0 aliphatic carbocycles. The first-order valence-corrected chi connectivity index (χ1v) is 6.95. The Kier molecular flexibility index (Phi) is 5.39. The Hall–Kier alpha value is -2.06. The average molecular weight is 272 g/mol. The zero-order valence-electron chi connectivity index (χ0n) is 11.6. The summed E-state index contributed by atoms with van der Waals surface area (Å²) in [4.78, 5) is 16.1. The Bertz CT molecular complexity index is 461. The fourth-order valence-corrected chi connectivity index (χ4v) is 2.35. The van der Waals surface area contributed by atoms with E-state index in [1.807, 2.05) is 12.1 Å². The summed E-state index contributed by atoms with van der Waals surface area (Å²) in [5, 5.41) is 11.0. The third-order valence-electron chi connectivity index (χ3n) is 3.51. The summed E-state index contributed by atoms with van der Waals surface area (Å²) in [7, 11) is 0. The lowest BCUT2D eigenvalue weighted by Crippen LogP contribution is -2.47. The van der Waals surface area contributed by atoms with E-state index in [0.717, 1.165) is 32.7 Å². The highest BCUT2D eigenvalue weighted by Crippen LogP contribution is 2.15. The molecule has 0 spiro atoms. The molecular weight excluding hydrogens is 252 g/mol. The van der Waals surface area contributed by atoms with Crippen LogP contribution in [0.2, 0.25) is 0 Å². The molecule has 1 amide bonds. The lowest BCUT2D eigenvalue weighted by molar-refractivity contribution is -0.121. The first kappa shape index (κ1) is 14.4. The summed E-state index contributed by atoms with van der Waals surface area (Å²) in [6.07, 6.45) is 0.465. The summed E-state index contributed by atoms with van der Waals surface area (Å²) in [6.45, 7) is 4.79. The molecule has 0 saturated carbocycles. The molecule has 0 aromatic heterocycles. The summed E-state index contributed by atoms with van der Waals surface area (Å²) < 4.78 is 0. The molecule has 106 valence electrons. The van der Waals surface area contributed by atoms with Crippen molar-refractivity contribution in [3.63, 3.8) is 0 Å². The third kappa shape index (κ3) is 4.25. The lowest BCUT2D eigenvalue weighted by atomic mass is 10.2. The number of nitrogens with zero attached hydrogens (tertiary/aromatic N) is 3. The zero-order valence-corrected chi connectivity index (χ0v) is 11.6. The maximum atomic E-state index is 11.4. The molecule has 0 unspecified atom stereocenters. The zero-order chi connectivity index (χ0) is 14.2. The van der Waals surface area contributed by atoms with Crippen LogP contribution in [0.15, 0.2) is 30.3 Å². The first-order valence-electron chi connectivity index (χ1n) is 6.95. The molecule has 1 aromatic rings. The van der Waals surface area contributed by atoms with Crippen LogP contribution in [0.25, 0.3) is 0 Å². The Morgan fingerprint density at radius 3 is 2.55 bits per heavy atom. The third-order valence-corrected chi connectivity index (χ3v) is 3.51. The van der Waals surface area contributed by atoms with Gasteiger partial charge >= 0.3 is 0 Å². The second-order valence-corrected chi connectivity index (χ2v) is 4.85. The van der Waals surface area contributed by atoms with Crippen LogP contribution in [0.5, 0.6) is 0 Å². The summed E-state index contributed by atoms with van der Waals surface area (Å²) in [5.41, 5.74) is 1.26. The minimum atomic E-state index is -0.0444. The topological polar surface area (TPSA) is 59.4 Å². The molecule has 0 radical (unpaired) electrons. The molecule has 0 bridgehead atoms. The number of carbonyl (C=O) groups excluding carboxylic acids is 1. The van der Waals surface area contributed by atoms with Crippen molar-refractivity contribution in [2.75, 3.05) is 44.2 Å². The lowest BCUT2D eigenvalue weighted by Gasteiger charge is -2.36. The van der Waals surface area contributed by atoms with Crippen molar-refractivity contribution in [1.29, 1.82) is 5.26 Å². The highest BCUT2D eigenvalue weighted by Gasteiger charge is 2.17. The van der Waals surface area contributed by atoms with Crippen LogP contribution in [0.3, 0.4) is 0 Å². The molecule has 5 nitrogen and oxygen atoms in total. The van der Waals surface area contributed by atoms with Crippen LogP contribution in [-0.4, -0.2) is 50.1 Å². The van der Waals surface area contributed by atoms with E-state index in [4.69, 9.17) is 5.26 Å². The number of rotatable bonds is 5. The predicted octanol–water partition coefficient (Wildman–Crippen LogP) is 0.838. The van der Waals surface area contributed by atoms with Crippen LogP contribution < -0.4 is 10.2 Å². The molecule has 0 atom stereocenters. The summed E-state index contributed by atoms with van der Waals surface area (Å²) in [5.74, 6) is -0.0444. The Balaban J connectivity index is 1.70. The fourth-order valence-electron chi connectivity index (χ4n) is 2.35. The Labute approximate surface area is 119 Å². The molecule has 1 saturated heterocycles. The normalized spacial score (nSPS) is 15.7. The average Bonchev–Trinajstić information content (AvgIpc) is 2.52. The van der Waals surface area contributed by atoms with Gasteiger partial charge in [0.25, 0.3) is 0 Å². The second-order valence-electron chi connectivity index (χ2n) is 4.85. The number of amides is 1.